The van der Waals surface area contributed by atoms with Gasteiger partial charge >= 0.3 is 5.97 Å². The molecule has 0 radical (unpaired) electrons. The highest BCUT2D eigenvalue weighted by Gasteiger charge is 2.31. The lowest BCUT2D eigenvalue weighted by molar-refractivity contribution is -0.137. The average Bonchev–Trinajstić information content (AvgIpc) is 2.73. The molecule has 1 amide bonds. The first-order chi connectivity index (χ1) is 10.5. The van der Waals surface area contributed by atoms with Crippen molar-refractivity contribution in [3.05, 3.63) is 34.7 Å². The van der Waals surface area contributed by atoms with Crippen LogP contribution in [0.4, 0.5) is 0 Å². The first kappa shape index (κ1) is 16.5. The van der Waals surface area contributed by atoms with Crippen LogP contribution >= 0.6 is 24.0 Å². The number of aliphatic carboxylic acids is 1. The lowest BCUT2D eigenvalue weighted by Crippen LogP contribution is -2.30. The third-order valence-electron chi connectivity index (χ3n) is 2.91. The van der Waals surface area contributed by atoms with Crippen molar-refractivity contribution in [3.63, 3.8) is 0 Å². The molecule has 0 bridgehead atoms. The number of hydrogen-bond donors (Lipinski definition) is 1. The molecule has 0 aromatic heterocycles. The average molecular weight is 337 g/mol. The van der Waals surface area contributed by atoms with E-state index in [1.165, 1.54) is 16.7 Å². The minimum Gasteiger partial charge on any atom is -0.494 e. The Kier molecular flexibility index (Phi) is 5.57. The number of ether oxygens (including phenoxy) is 1. The molecule has 116 valence electrons. The number of carboxylic acid groups (broad SMARTS) is 1. The Morgan fingerprint density at radius 3 is 2.68 bits per heavy atom. The molecule has 0 unspecified atom stereocenters. The molecular weight excluding hydrogens is 322 g/mol. The van der Waals surface area contributed by atoms with Gasteiger partial charge in [0.25, 0.3) is 5.91 Å². The molecule has 7 heteroatoms. The molecule has 0 saturated carbocycles. The van der Waals surface area contributed by atoms with Gasteiger partial charge < -0.3 is 9.84 Å². The van der Waals surface area contributed by atoms with E-state index in [0.29, 0.717) is 15.8 Å². The summed E-state index contributed by atoms with van der Waals surface area (Å²) in [6, 6.07) is 7.38. The highest BCUT2D eigenvalue weighted by atomic mass is 32.2. The summed E-state index contributed by atoms with van der Waals surface area (Å²) in [5.41, 5.74) is 0.863. The number of rotatable bonds is 6. The van der Waals surface area contributed by atoms with Crippen molar-refractivity contribution >= 4 is 46.3 Å². The van der Waals surface area contributed by atoms with Gasteiger partial charge in [-0.3, -0.25) is 14.5 Å². The molecule has 1 N–H and O–H groups in total. The van der Waals surface area contributed by atoms with Crippen molar-refractivity contribution in [2.75, 3.05) is 13.2 Å². The number of amides is 1. The second kappa shape index (κ2) is 7.42. The number of thioether (sulfide) groups is 1. The first-order valence-corrected chi connectivity index (χ1v) is 7.93. The van der Waals surface area contributed by atoms with Gasteiger partial charge in [-0.15, -0.1) is 0 Å². The molecule has 0 spiro atoms. The molecule has 5 nitrogen and oxygen atoms in total. The molecule has 0 atom stereocenters. The third-order valence-corrected chi connectivity index (χ3v) is 4.29. The van der Waals surface area contributed by atoms with Crippen LogP contribution in [0, 0.1) is 0 Å². The van der Waals surface area contributed by atoms with E-state index >= 15 is 0 Å². The second-order valence-electron chi connectivity index (χ2n) is 4.48. The molecule has 1 aromatic rings. The van der Waals surface area contributed by atoms with Crippen molar-refractivity contribution < 1.29 is 19.4 Å². The van der Waals surface area contributed by atoms with E-state index < -0.39 is 5.97 Å². The quantitative estimate of drug-likeness (QED) is 0.636. The number of carbonyl (C=O) groups is 2. The van der Waals surface area contributed by atoms with Crippen LogP contribution in [-0.2, 0) is 9.59 Å². The van der Waals surface area contributed by atoms with Crippen molar-refractivity contribution in [2.24, 2.45) is 0 Å². The summed E-state index contributed by atoms with van der Waals surface area (Å²) < 4.78 is 5.76. The summed E-state index contributed by atoms with van der Waals surface area (Å²) in [6.45, 7) is 2.61. The lowest BCUT2D eigenvalue weighted by atomic mass is 10.2. The van der Waals surface area contributed by atoms with E-state index in [2.05, 4.69) is 0 Å². The molecule has 1 aliphatic rings. The van der Waals surface area contributed by atoms with Gasteiger partial charge in [0.2, 0.25) is 0 Å². The predicted molar refractivity (Wildman–Crippen MR) is 89.7 cm³/mol. The largest absolute Gasteiger partial charge is 0.494 e. The van der Waals surface area contributed by atoms with E-state index in [1.54, 1.807) is 6.08 Å². The Hall–Kier alpha value is -1.86. The number of carboxylic acids is 1. The van der Waals surface area contributed by atoms with Crippen LogP contribution in [-0.4, -0.2) is 39.4 Å². The zero-order chi connectivity index (χ0) is 16.1. The van der Waals surface area contributed by atoms with Crippen LogP contribution in [0.15, 0.2) is 29.2 Å². The summed E-state index contributed by atoms with van der Waals surface area (Å²) in [5.74, 6) is -0.427. The summed E-state index contributed by atoms with van der Waals surface area (Å²) in [6.07, 6.45) is 1.62. The smallest absolute Gasteiger partial charge is 0.305 e. The Morgan fingerprint density at radius 2 is 2.09 bits per heavy atom. The van der Waals surface area contributed by atoms with Crippen molar-refractivity contribution in [2.45, 2.75) is 13.3 Å². The minimum atomic E-state index is -0.954. The lowest BCUT2D eigenvalue weighted by Gasteiger charge is -2.12. The SMILES string of the molecule is CCOc1ccc(C=C2SC(=S)N(CCC(=O)O)C2=O)cc1. The molecule has 22 heavy (non-hydrogen) atoms. The van der Waals surface area contributed by atoms with Gasteiger partial charge in [0, 0.05) is 6.54 Å². The van der Waals surface area contributed by atoms with Crippen LogP contribution in [0.1, 0.15) is 18.9 Å². The summed E-state index contributed by atoms with van der Waals surface area (Å²) >= 11 is 6.32. The van der Waals surface area contributed by atoms with Crippen molar-refractivity contribution in [3.8, 4) is 5.75 Å². The molecule has 1 heterocycles. The van der Waals surface area contributed by atoms with E-state index in [0.717, 1.165) is 11.3 Å². The van der Waals surface area contributed by atoms with E-state index in [-0.39, 0.29) is 18.9 Å². The maximum absolute atomic E-state index is 12.2. The van der Waals surface area contributed by atoms with Crippen LogP contribution < -0.4 is 4.74 Å². The highest BCUT2D eigenvalue weighted by Crippen LogP contribution is 2.32. The Labute approximate surface area is 137 Å². The minimum absolute atomic E-state index is 0.0978. The first-order valence-electron chi connectivity index (χ1n) is 6.71. The maximum atomic E-state index is 12.2. The topological polar surface area (TPSA) is 66.8 Å². The van der Waals surface area contributed by atoms with Crippen LogP contribution in [0.25, 0.3) is 6.08 Å². The van der Waals surface area contributed by atoms with Crippen molar-refractivity contribution in [1.82, 2.24) is 4.90 Å². The van der Waals surface area contributed by atoms with Crippen LogP contribution in [0.2, 0.25) is 0 Å². The monoisotopic (exact) mass is 337 g/mol. The molecule has 2 rings (SSSR count). The standard InChI is InChI=1S/C15H15NO4S2/c1-2-20-11-5-3-10(4-6-11)9-12-14(19)16(15(21)22-12)8-7-13(17)18/h3-6,9H,2,7-8H2,1H3,(H,17,18). The van der Waals surface area contributed by atoms with Crippen LogP contribution in [0.3, 0.4) is 0 Å². The number of benzene rings is 1. The number of carbonyl (C=O) groups excluding carboxylic acids is 1. The van der Waals surface area contributed by atoms with E-state index in [4.69, 9.17) is 22.1 Å². The molecular formula is C15H15NO4S2. The van der Waals surface area contributed by atoms with Gasteiger partial charge in [0.05, 0.1) is 17.9 Å². The fraction of sp³-hybridized carbons (Fsp3) is 0.267. The van der Waals surface area contributed by atoms with Crippen LogP contribution in [0.5, 0.6) is 5.75 Å². The second-order valence-corrected chi connectivity index (χ2v) is 6.15. The highest BCUT2D eigenvalue weighted by molar-refractivity contribution is 8.26. The summed E-state index contributed by atoms with van der Waals surface area (Å²) in [5, 5.41) is 8.70. The van der Waals surface area contributed by atoms with Gasteiger partial charge in [-0.05, 0) is 30.7 Å². The molecule has 0 aliphatic carbocycles. The van der Waals surface area contributed by atoms with E-state index in [1.807, 2.05) is 31.2 Å². The Bertz CT molecular complexity index is 625. The Balaban J connectivity index is 2.10. The molecule has 1 saturated heterocycles. The zero-order valence-electron chi connectivity index (χ0n) is 11.9. The Morgan fingerprint density at radius 1 is 1.41 bits per heavy atom. The van der Waals surface area contributed by atoms with Gasteiger partial charge in [-0.2, -0.15) is 0 Å². The van der Waals surface area contributed by atoms with Gasteiger partial charge in [-0.25, -0.2) is 0 Å². The van der Waals surface area contributed by atoms with Gasteiger partial charge in [0.1, 0.15) is 10.1 Å². The summed E-state index contributed by atoms with van der Waals surface area (Å²) in [7, 11) is 0. The van der Waals surface area contributed by atoms with Gasteiger partial charge in [0.15, 0.2) is 0 Å². The number of hydrogen-bond acceptors (Lipinski definition) is 5. The number of nitrogens with zero attached hydrogens (tertiary/aromatic N) is 1. The van der Waals surface area contributed by atoms with Gasteiger partial charge in [-0.1, -0.05) is 36.1 Å². The fourth-order valence-electron chi connectivity index (χ4n) is 1.88. The van der Waals surface area contributed by atoms with Crippen molar-refractivity contribution in [1.29, 1.82) is 0 Å². The normalized spacial score (nSPS) is 16.4. The molecule has 1 fully saturated rings. The van der Waals surface area contributed by atoms with E-state index in [9.17, 15) is 9.59 Å². The maximum Gasteiger partial charge on any atom is 0.305 e. The molecule has 1 aliphatic heterocycles. The summed E-state index contributed by atoms with van der Waals surface area (Å²) in [4.78, 5) is 24.7. The number of thiocarbonyl (C=S) groups is 1. The zero-order valence-corrected chi connectivity index (χ0v) is 13.6. The third kappa shape index (κ3) is 4.08. The fourth-order valence-corrected chi connectivity index (χ4v) is 3.19. The predicted octanol–water partition coefficient (Wildman–Crippen LogP) is 2.76. The molecule has 1 aromatic carbocycles.